The van der Waals surface area contributed by atoms with Crippen molar-refractivity contribution in [3.05, 3.63) is 35.4 Å². The van der Waals surface area contributed by atoms with E-state index < -0.39 is 13.3 Å². The normalized spacial score (nSPS) is 17.0. The lowest BCUT2D eigenvalue weighted by molar-refractivity contribution is -0.0641. The second-order valence-electron chi connectivity index (χ2n) is 11.1. The molecule has 0 spiro atoms. The van der Waals surface area contributed by atoms with E-state index >= 15 is 0 Å². The van der Waals surface area contributed by atoms with Crippen molar-refractivity contribution in [1.82, 2.24) is 4.67 Å². The maximum absolute atomic E-state index is 13.7. The lowest BCUT2D eigenvalue weighted by atomic mass is 9.96. The zero-order chi connectivity index (χ0) is 27.9. The molecule has 0 radical (unpaired) electrons. The Labute approximate surface area is 230 Å². The van der Waals surface area contributed by atoms with Crippen LogP contribution in [-0.4, -0.2) is 96.5 Å². The minimum absolute atomic E-state index is 0.0767. The summed E-state index contributed by atoms with van der Waals surface area (Å²) in [5.41, 5.74) is 1.86. The Morgan fingerprint density at radius 3 is 2.16 bits per heavy atom. The summed E-state index contributed by atoms with van der Waals surface area (Å²) in [6.07, 6.45) is 1.39. The second kappa shape index (κ2) is 17.1. The maximum Gasteiger partial charge on any atom is 0.408 e. The molecule has 1 aromatic rings. The van der Waals surface area contributed by atoms with Crippen LogP contribution in [0.3, 0.4) is 0 Å². The molecule has 9 nitrogen and oxygen atoms in total. The van der Waals surface area contributed by atoms with Gasteiger partial charge in [-0.2, -0.15) is 0 Å². The van der Waals surface area contributed by atoms with Crippen LogP contribution < -0.4 is 0 Å². The van der Waals surface area contributed by atoms with Crippen molar-refractivity contribution in [1.29, 1.82) is 0 Å². The van der Waals surface area contributed by atoms with Crippen LogP contribution in [0.5, 0.6) is 0 Å². The Morgan fingerprint density at radius 1 is 0.868 bits per heavy atom. The summed E-state index contributed by atoms with van der Waals surface area (Å²) in [5.74, 6) is 0. The van der Waals surface area contributed by atoms with E-state index in [2.05, 4.69) is 45.0 Å². The molecular weight excluding hydrogens is 509 g/mol. The average Bonchev–Trinajstić information content (AvgIpc) is 2.89. The summed E-state index contributed by atoms with van der Waals surface area (Å²) >= 11 is 0. The quantitative estimate of drug-likeness (QED) is 0.164. The molecule has 1 aliphatic rings. The van der Waals surface area contributed by atoms with Gasteiger partial charge in [0.25, 0.3) is 0 Å². The van der Waals surface area contributed by atoms with Gasteiger partial charge >= 0.3 is 7.75 Å². The van der Waals surface area contributed by atoms with E-state index in [9.17, 15) is 4.57 Å². The van der Waals surface area contributed by atoms with Gasteiger partial charge in [0.1, 0.15) is 0 Å². The van der Waals surface area contributed by atoms with E-state index in [4.69, 9.17) is 32.7 Å². The molecule has 0 N–H and O–H groups in total. The Kier molecular flexibility index (Phi) is 15.0. The molecule has 1 heterocycles. The first kappa shape index (κ1) is 33.3. The molecule has 0 aromatic heterocycles. The molecule has 220 valence electrons. The molecule has 1 atom stereocenters. The maximum atomic E-state index is 13.7. The van der Waals surface area contributed by atoms with E-state index in [1.54, 1.807) is 11.8 Å². The molecular formula is C28H50NO8P. The molecule has 1 fully saturated rings. The lowest BCUT2D eigenvalue weighted by Crippen LogP contribution is -2.35. The van der Waals surface area contributed by atoms with E-state index in [0.717, 1.165) is 12.0 Å². The van der Waals surface area contributed by atoms with Gasteiger partial charge in [0, 0.05) is 32.2 Å². The second-order valence-corrected chi connectivity index (χ2v) is 13.1. The van der Waals surface area contributed by atoms with Crippen LogP contribution in [-0.2, 0) is 43.7 Å². The molecule has 1 aromatic carbocycles. The number of aryl methyl sites for hydroxylation is 1. The predicted octanol–water partition coefficient (Wildman–Crippen LogP) is 4.90. The fourth-order valence-electron chi connectivity index (χ4n) is 3.77. The Balaban J connectivity index is 1.72. The first-order valence-corrected chi connectivity index (χ1v) is 15.1. The summed E-state index contributed by atoms with van der Waals surface area (Å²) < 4.78 is 55.3. The van der Waals surface area contributed by atoms with Gasteiger partial charge in [0.05, 0.1) is 65.1 Å². The topological polar surface area (TPSA) is 84.9 Å². The fraction of sp³-hybridized carbons (Fsp3) is 0.786. The number of rotatable bonds is 20. The number of hydrogen-bond acceptors (Lipinski definition) is 8. The Hall–Kier alpha value is -0.870. The third kappa shape index (κ3) is 13.5. The van der Waals surface area contributed by atoms with Gasteiger partial charge in [-0.3, -0.25) is 9.05 Å². The minimum atomic E-state index is -3.45. The minimum Gasteiger partial charge on any atom is -0.382 e. The fourth-order valence-corrected chi connectivity index (χ4v) is 5.46. The summed E-state index contributed by atoms with van der Waals surface area (Å²) in [6, 6.07) is 8.27. The molecule has 2 rings (SSSR count). The number of ether oxygens (including phenoxy) is 5. The predicted molar refractivity (Wildman–Crippen MR) is 149 cm³/mol. The summed E-state index contributed by atoms with van der Waals surface area (Å²) in [6.45, 7) is 16.1. The van der Waals surface area contributed by atoms with Gasteiger partial charge in [0.15, 0.2) is 0 Å². The highest BCUT2D eigenvalue weighted by Gasteiger charge is 2.35. The van der Waals surface area contributed by atoms with E-state index in [1.165, 1.54) is 5.56 Å². The van der Waals surface area contributed by atoms with E-state index in [-0.39, 0.29) is 12.0 Å². The highest BCUT2D eigenvalue weighted by molar-refractivity contribution is 7.51. The third-order valence-corrected chi connectivity index (χ3v) is 8.31. The zero-order valence-electron chi connectivity index (χ0n) is 24.4. The highest BCUT2D eigenvalue weighted by Crippen LogP contribution is 2.52. The SMILES string of the molecule is COCCOCC(C)(C)COCCC(C)(C)OCCOP(=O)(OCCc1ccc(C)cc1)N1CCOCC1. The van der Waals surface area contributed by atoms with Crippen molar-refractivity contribution in [2.75, 3.05) is 86.3 Å². The van der Waals surface area contributed by atoms with Crippen molar-refractivity contribution in [3.63, 3.8) is 0 Å². The first-order chi connectivity index (χ1) is 18.1. The number of benzene rings is 1. The van der Waals surface area contributed by atoms with E-state index in [0.29, 0.717) is 79.0 Å². The third-order valence-electron chi connectivity index (χ3n) is 6.20. The van der Waals surface area contributed by atoms with Crippen LogP contribution >= 0.6 is 7.75 Å². The standard InChI is InChI=1S/C28H50NO8P/c1-25-7-9-26(10-8-25)11-15-36-38(30,29-13-17-32-18-14-29)37-22-21-35-28(4,5)12-16-33-23-27(2,3)24-34-20-19-31-6/h7-10H,11-24H2,1-6H3. The largest absolute Gasteiger partial charge is 0.408 e. The Bertz CT molecular complexity index is 812. The number of nitrogens with zero attached hydrogens (tertiary/aromatic N) is 1. The van der Waals surface area contributed by atoms with Crippen molar-refractivity contribution in [2.24, 2.45) is 5.41 Å². The zero-order valence-corrected chi connectivity index (χ0v) is 25.3. The van der Waals surface area contributed by atoms with Gasteiger partial charge < -0.3 is 23.7 Å². The van der Waals surface area contributed by atoms with E-state index in [1.807, 2.05) is 13.8 Å². The molecule has 0 bridgehead atoms. The van der Waals surface area contributed by atoms with Gasteiger partial charge in [-0.05, 0) is 39.2 Å². The van der Waals surface area contributed by atoms with Crippen molar-refractivity contribution >= 4 is 7.75 Å². The molecule has 1 unspecified atom stereocenters. The first-order valence-electron chi connectivity index (χ1n) is 13.6. The number of methoxy groups -OCH3 is 1. The van der Waals surface area contributed by atoms with Crippen LogP contribution in [0.4, 0.5) is 0 Å². The van der Waals surface area contributed by atoms with Crippen LogP contribution in [0.25, 0.3) is 0 Å². The van der Waals surface area contributed by atoms with Gasteiger partial charge in [-0.15, -0.1) is 0 Å². The Morgan fingerprint density at radius 2 is 1.50 bits per heavy atom. The molecule has 1 aliphatic heterocycles. The molecule has 38 heavy (non-hydrogen) atoms. The summed E-state index contributed by atoms with van der Waals surface area (Å²) in [4.78, 5) is 0. The lowest BCUT2D eigenvalue weighted by Gasteiger charge is -2.33. The molecule has 0 aliphatic carbocycles. The monoisotopic (exact) mass is 559 g/mol. The smallest absolute Gasteiger partial charge is 0.382 e. The van der Waals surface area contributed by atoms with Crippen LogP contribution in [0, 0.1) is 12.3 Å². The molecule has 10 heteroatoms. The van der Waals surface area contributed by atoms with Crippen molar-refractivity contribution in [2.45, 2.75) is 53.1 Å². The molecule has 1 saturated heterocycles. The van der Waals surface area contributed by atoms with Crippen LogP contribution in [0.15, 0.2) is 24.3 Å². The van der Waals surface area contributed by atoms with Gasteiger partial charge in [-0.1, -0.05) is 43.7 Å². The molecule has 0 saturated carbocycles. The summed E-state index contributed by atoms with van der Waals surface area (Å²) in [7, 11) is -1.79. The number of hydrogen-bond donors (Lipinski definition) is 0. The highest BCUT2D eigenvalue weighted by atomic mass is 31.2. The van der Waals surface area contributed by atoms with Crippen LogP contribution in [0.1, 0.15) is 45.2 Å². The van der Waals surface area contributed by atoms with Crippen LogP contribution in [0.2, 0.25) is 0 Å². The average molecular weight is 560 g/mol. The van der Waals surface area contributed by atoms with Crippen molar-refractivity contribution < 1.29 is 37.3 Å². The van der Waals surface area contributed by atoms with Gasteiger partial charge in [-0.25, -0.2) is 9.24 Å². The molecule has 0 amide bonds. The van der Waals surface area contributed by atoms with Crippen molar-refractivity contribution in [3.8, 4) is 0 Å². The number of morpholine rings is 1. The summed E-state index contributed by atoms with van der Waals surface area (Å²) in [5, 5.41) is 0. The van der Waals surface area contributed by atoms with Gasteiger partial charge in [0.2, 0.25) is 0 Å².